The number of halogens is 2. The SMILES string of the molecule is COC(=O)c1sc(NC(=O)CN2C(=O)N[C@@](C)(c3ccc(Cl)cc3Cl)C2=O)c(C(=O)OC)c1C. The number of carbonyl (C=O) groups is 5. The first-order valence-electron chi connectivity index (χ1n) is 9.64. The molecule has 1 fully saturated rings. The molecule has 3 rings (SSSR count). The van der Waals surface area contributed by atoms with Gasteiger partial charge in [-0.05, 0) is 31.5 Å². The van der Waals surface area contributed by atoms with E-state index in [-0.39, 0.29) is 26.0 Å². The quantitative estimate of drug-likeness (QED) is 0.434. The van der Waals surface area contributed by atoms with Crippen LogP contribution in [0.25, 0.3) is 0 Å². The van der Waals surface area contributed by atoms with E-state index in [1.54, 1.807) is 0 Å². The number of methoxy groups -OCH3 is 2. The van der Waals surface area contributed by atoms with Gasteiger partial charge in [-0.2, -0.15) is 0 Å². The Hall–Kier alpha value is -3.15. The molecular weight excluding hydrogens is 509 g/mol. The monoisotopic (exact) mass is 527 g/mol. The highest BCUT2D eigenvalue weighted by Crippen LogP contribution is 2.36. The van der Waals surface area contributed by atoms with Crippen molar-refractivity contribution in [3.63, 3.8) is 0 Å². The average Bonchev–Trinajstić information content (AvgIpc) is 3.21. The van der Waals surface area contributed by atoms with Gasteiger partial charge in [0, 0.05) is 15.6 Å². The lowest BCUT2D eigenvalue weighted by Crippen LogP contribution is -2.42. The lowest BCUT2D eigenvalue weighted by Gasteiger charge is -2.23. The fourth-order valence-electron chi connectivity index (χ4n) is 3.46. The highest BCUT2D eigenvalue weighted by molar-refractivity contribution is 7.18. The molecule has 10 nitrogen and oxygen atoms in total. The molecule has 2 heterocycles. The Morgan fingerprint density at radius 1 is 1.15 bits per heavy atom. The van der Waals surface area contributed by atoms with Crippen molar-refractivity contribution < 1.29 is 33.4 Å². The highest BCUT2D eigenvalue weighted by atomic mass is 35.5. The second kappa shape index (κ2) is 9.61. The number of amides is 4. The Balaban J connectivity index is 1.85. The first-order chi connectivity index (χ1) is 15.9. The van der Waals surface area contributed by atoms with Crippen LogP contribution >= 0.6 is 34.5 Å². The molecule has 13 heteroatoms. The van der Waals surface area contributed by atoms with E-state index < -0.39 is 41.9 Å². The summed E-state index contributed by atoms with van der Waals surface area (Å²) in [6.45, 7) is 2.31. The number of thiophene rings is 1. The number of urea groups is 1. The topological polar surface area (TPSA) is 131 Å². The van der Waals surface area contributed by atoms with Gasteiger partial charge < -0.3 is 20.1 Å². The first-order valence-corrected chi connectivity index (χ1v) is 11.2. The third kappa shape index (κ3) is 4.46. The Morgan fingerprint density at radius 3 is 2.38 bits per heavy atom. The Morgan fingerprint density at radius 2 is 1.79 bits per heavy atom. The average molecular weight is 528 g/mol. The fraction of sp³-hybridized carbons (Fsp3) is 0.286. The normalized spacial score (nSPS) is 17.4. The van der Waals surface area contributed by atoms with Gasteiger partial charge in [0.05, 0.1) is 19.8 Å². The molecule has 1 atom stereocenters. The van der Waals surface area contributed by atoms with Gasteiger partial charge in [-0.3, -0.25) is 14.5 Å². The van der Waals surface area contributed by atoms with Gasteiger partial charge in [0.15, 0.2) is 0 Å². The number of nitrogens with zero attached hydrogens (tertiary/aromatic N) is 1. The van der Waals surface area contributed by atoms with Crippen LogP contribution in [-0.4, -0.2) is 55.4 Å². The number of anilines is 1. The zero-order valence-corrected chi connectivity index (χ0v) is 20.7. The molecule has 2 N–H and O–H groups in total. The van der Waals surface area contributed by atoms with Crippen LogP contribution in [0.2, 0.25) is 10.0 Å². The lowest BCUT2D eigenvalue weighted by atomic mass is 9.92. The van der Waals surface area contributed by atoms with Gasteiger partial charge in [0.2, 0.25) is 5.91 Å². The van der Waals surface area contributed by atoms with Gasteiger partial charge in [-0.25, -0.2) is 14.4 Å². The zero-order valence-electron chi connectivity index (χ0n) is 18.4. The minimum absolute atomic E-state index is 0.0188. The summed E-state index contributed by atoms with van der Waals surface area (Å²) in [4.78, 5) is 63.5. The summed E-state index contributed by atoms with van der Waals surface area (Å²) in [5.41, 5.74) is -0.979. The van der Waals surface area contributed by atoms with Gasteiger partial charge in [0.25, 0.3) is 5.91 Å². The van der Waals surface area contributed by atoms with Crippen molar-refractivity contribution in [3.8, 4) is 0 Å². The van der Waals surface area contributed by atoms with Crippen LogP contribution in [0.1, 0.15) is 38.1 Å². The number of hydrogen-bond acceptors (Lipinski definition) is 8. The Labute approximate surface area is 208 Å². The van der Waals surface area contributed by atoms with Crippen molar-refractivity contribution >= 4 is 69.3 Å². The van der Waals surface area contributed by atoms with Gasteiger partial charge in [-0.15, -0.1) is 11.3 Å². The maximum Gasteiger partial charge on any atom is 0.348 e. The fourth-order valence-corrected chi connectivity index (χ4v) is 5.19. The van der Waals surface area contributed by atoms with Crippen molar-refractivity contribution in [3.05, 3.63) is 49.8 Å². The van der Waals surface area contributed by atoms with E-state index in [0.29, 0.717) is 10.6 Å². The summed E-state index contributed by atoms with van der Waals surface area (Å²) >= 11 is 12.9. The number of ether oxygens (including phenoxy) is 2. The maximum atomic E-state index is 13.1. The lowest BCUT2D eigenvalue weighted by molar-refractivity contribution is -0.133. The number of hydrogen-bond donors (Lipinski definition) is 2. The van der Waals surface area contributed by atoms with E-state index in [1.807, 2.05) is 0 Å². The molecule has 1 aliphatic heterocycles. The van der Waals surface area contributed by atoms with E-state index in [4.69, 9.17) is 32.7 Å². The number of carbonyl (C=O) groups excluding carboxylic acids is 5. The largest absolute Gasteiger partial charge is 0.465 e. The summed E-state index contributed by atoms with van der Waals surface area (Å²) in [6.07, 6.45) is 0. The third-order valence-electron chi connectivity index (χ3n) is 5.21. The van der Waals surface area contributed by atoms with Crippen LogP contribution < -0.4 is 10.6 Å². The molecule has 1 aliphatic rings. The van der Waals surface area contributed by atoms with Crippen LogP contribution in [0.4, 0.5) is 9.80 Å². The second-order valence-electron chi connectivity index (χ2n) is 7.36. The van der Waals surface area contributed by atoms with Crippen molar-refractivity contribution in [1.82, 2.24) is 10.2 Å². The summed E-state index contributed by atoms with van der Waals surface area (Å²) in [5.74, 6) is -2.96. The molecule has 0 aliphatic carbocycles. The molecule has 1 aromatic carbocycles. The number of esters is 2. The summed E-state index contributed by atoms with van der Waals surface area (Å²) in [7, 11) is 2.33. The molecule has 0 unspecified atom stereocenters. The smallest absolute Gasteiger partial charge is 0.348 e. The van der Waals surface area contributed by atoms with Crippen molar-refractivity contribution in [2.45, 2.75) is 19.4 Å². The molecule has 0 bridgehead atoms. The van der Waals surface area contributed by atoms with E-state index in [0.717, 1.165) is 23.3 Å². The molecule has 0 spiro atoms. The molecule has 2 aromatic rings. The first kappa shape index (κ1) is 25.5. The standard InChI is InChI=1S/C21H19Cl2N3O7S/c1-9-14(17(28)32-3)16(34-15(9)18(29)33-4)24-13(27)8-26-19(30)21(2,25-20(26)31)11-6-5-10(22)7-12(11)23/h5-7H,8H2,1-4H3,(H,24,27)(H,25,31)/t21-/m0/s1. The minimum Gasteiger partial charge on any atom is -0.465 e. The van der Waals surface area contributed by atoms with Crippen LogP contribution in [0.5, 0.6) is 0 Å². The molecule has 1 saturated heterocycles. The maximum absolute atomic E-state index is 13.1. The number of imide groups is 1. The Bertz CT molecular complexity index is 1230. The van der Waals surface area contributed by atoms with Crippen molar-refractivity contribution in [2.24, 2.45) is 0 Å². The molecule has 180 valence electrons. The number of rotatable bonds is 6. The predicted octanol–water partition coefficient (Wildman–Crippen LogP) is 3.34. The van der Waals surface area contributed by atoms with Crippen LogP contribution in [0, 0.1) is 6.92 Å². The van der Waals surface area contributed by atoms with Crippen molar-refractivity contribution in [1.29, 1.82) is 0 Å². The summed E-state index contributed by atoms with van der Waals surface area (Å²) in [5, 5.41) is 5.56. The molecule has 0 radical (unpaired) electrons. The van der Waals surface area contributed by atoms with Gasteiger partial charge in [0.1, 0.15) is 22.0 Å². The van der Waals surface area contributed by atoms with Crippen LogP contribution in [0.3, 0.4) is 0 Å². The number of nitrogens with one attached hydrogen (secondary N) is 2. The highest BCUT2D eigenvalue weighted by Gasteiger charge is 2.50. The van der Waals surface area contributed by atoms with Crippen molar-refractivity contribution in [2.75, 3.05) is 26.1 Å². The molecule has 4 amide bonds. The van der Waals surface area contributed by atoms with E-state index in [2.05, 4.69) is 10.6 Å². The molecule has 0 saturated carbocycles. The van der Waals surface area contributed by atoms with E-state index >= 15 is 0 Å². The molecule has 1 aromatic heterocycles. The van der Waals surface area contributed by atoms with E-state index in [9.17, 15) is 24.0 Å². The van der Waals surface area contributed by atoms with Crippen LogP contribution in [0.15, 0.2) is 18.2 Å². The van der Waals surface area contributed by atoms with Gasteiger partial charge in [-0.1, -0.05) is 29.3 Å². The predicted molar refractivity (Wildman–Crippen MR) is 124 cm³/mol. The number of benzene rings is 1. The molecular formula is C21H19Cl2N3O7S. The minimum atomic E-state index is -1.52. The summed E-state index contributed by atoms with van der Waals surface area (Å²) < 4.78 is 9.45. The van der Waals surface area contributed by atoms with E-state index in [1.165, 1.54) is 39.2 Å². The second-order valence-corrected chi connectivity index (χ2v) is 9.23. The Kier molecular flexibility index (Phi) is 7.20. The molecule has 34 heavy (non-hydrogen) atoms. The zero-order chi connectivity index (χ0) is 25.4. The summed E-state index contributed by atoms with van der Waals surface area (Å²) in [6, 6.07) is 3.66. The van der Waals surface area contributed by atoms with Gasteiger partial charge >= 0.3 is 18.0 Å². The third-order valence-corrected chi connectivity index (χ3v) is 6.94. The van der Waals surface area contributed by atoms with Crippen LogP contribution in [-0.2, 0) is 24.6 Å².